The van der Waals surface area contributed by atoms with Crippen molar-refractivity contribution in [2.45, 2.75) is 6.61 Å². The molecule has 0 saturated carbocycles. The van der Waals surface area contributed by atoms with Crippen LogP contribution in [-0.4, -0.2) is 12.5 Å². The van der Waals surface area contributed by atoms with Crippen LogP contribution in [0.5, 0.6) is 0 Å². The number of halogens is 1. The molecule has 1 amide bonds. The molecule has 0 fully saturated rings. The molecule has 4 nitrogen and oxygen atoms in total. The molecule has 0 spiro atoms. The van der Waals surface area contributed by atoms with Crippen LogP contribution < -0.4 is 11.1 Å². The minimum atomic E-state index is -0.239. The van der Waals surface area contributed by atoms with Crippen LogP contribution in [0.1, 0.15) is 5.56 Å². The summed E-state index contributed by atoms with van der Waals surface area (Å²) in [5, 5.41) is 3.37. The molecule has 0 aliphatic carbocycles. The molecule has 104 valence electrons. The van der Waals surface area contributed by atoms with Gasteiger partial charge in [0.25, 0.3) is 0 Å². The highest BCUT2D eigenvalue weighted by atomic mass is 35.5. The van der Waals surface area contributed by atoms with E-state index in [0.29, 0.717) is 23.0 Å². The van der Waals surface area contributed by atoms with Crippen molar-refractivity contribution in [3.8, 4) is 0 Å². The molecule has 0 bridgehead atoms. The fourth-order valence-electron chi connectivity index (χ4n) is 1.64. The SMILES string of the molecule is Nc1ccccc1NC(=O)COCc1ccc(Cl)cc1. The van der Waals surface area contributed by atoms with Crippen molar-refractivity contribution in [3.63, 3.8) is 0 Å². The minimum Gasteiger partial charge on any atom is -0.397 e. The van der Waals surface area contributed by atoms with Gasteiger partial charge in [0.1, 0.15) is 6.61 Å². The summed E-state index contributed by atoms with van der Waals surface area (Å²) in [6.07, 6.45) is 0. The maximum absolute atomic E-state index is 11.7. The lowest BCUT2D eigenvalue weighted by atomic mass is 10.2. The average Bonchev–Trinajstić information content (AvgIpc) is 2.44. The van der Waals surface area contributed by atoms with Gasteiger partial charge < -0.3 is 15.8 Å². The molecule has 2 rings (SSSR count). The van der Waals surface area contributed by atoms with Gasteiger partial charge in [-0.25, -0.2) is 0 Å². The van der Waals surface area contributed by atoms with E-state index >= 15 is 0 Å². The van der Waals surface area contributed by atoms with Crippen molar-refractivity contribution in [2.75, 3.05) is 17.7 Å². The summed E-state index contributed by atoms with van der Waals surface area (Å²) in [6.45, 7) is 0.325. The number of para-hydroxylation sites is 2. The molecule has 20 heavy (non-hydrogen) atoms. The number of nitrogen functional groups attached to an aromatic ring is 1. The second kappa shape index (κ2) is 6.93. The van der Waals surface area contributed by atoms with Crippen molar-refractivity contribution in [1.82, 2.24) is 0 Å². The predicted molar refractivity (Wildman–Crippen MR) is 80.6 cm³/mol. The van der Waals surface area contributed by atoms with Crippen molar-refractivity contribution in [1.29, 1.82) is 0 Å². The smallest absolute Gasteiger partial charge is 0.250 e. The van der Waals surface area contributed by atoms with Gasteiger partial charge in [0.05, 0.1) is 18.0 Å². The maximum Gasteiger partial charge on any atom is 0.250 e. The van der Waals surface area contributed by atoms with Gasteiger partial charge in [0.15, 0.2) is 0 Å². The van der Waals surface area contributed by atoms with Crippen molar-refractivity contribution < 1.29 is 9.53 Å². The van der Waals surface area contributed by atoms with E-state index in [1.165, 1.54) is 0 Å². The number of carbonyl (C=O) groups is 1. The Morgan fingerprint density at radius 2 is 1.85 bits per heavy atom. The molecule has 0 saturated heterocycles. The number of hydrogen-bond donors (Lipinski definition) is 2. The summed E-state index contributed by atoms with van der Waals surface area (Å²) in [5.41, 5.74) is 7.81. The number of hydrogen-bond acceptors (Lipinski definition) is 3. The molecule has 2 aromatic carbocycles. The van der Waals surface area contributed by atoms with E-state index in [1.807, 2.05) is 18.2 Å². The first-order valence-corrected chi connectivity index (χ1v) is 6.49. The summed E-state index contributed by atoms with van der Waals surface area (Å²) >= 11 is 5.78. The third-order valence-electron chi connectivity index (χ3n) is 2.65. The van der Waals surface area contributed by atoms with Crippen LogP contribution >= 0.6 is 11.6 Å². The molecule has 3 N–H and O–H groups in total. The zero-order valence-electron chi connectivity index (χ0n) is 10.8. The van der Waals surface area contributed by atoms with E-state index < -0.39 is 0 Å². The zero-order valence-corrected chi connectivity index (χ0v) is 11.6. The lowest BCUT2D eigenvalue weighted by Gasteiger charge is -2.08. The Balaban J connectivity index is 1.78. The molecule has 0 heterocycles. The molecule has 0 unspecified atom stereocenters. The quantitative estimate of drug-likeness (QED) is 0.832. The van der Waals surface area contributed by atoms with Gasteiger partial charge in [-0.2, -0.15) is 0 Å². The summed E-state index contributed by atoms with van der Waals surface area (Å²) in [7, 11) is 0. The van der Waals surface area contributed by atoms with Gasteiger partial charge in [-0.05, 0) is 29.8 Å². The monoisotopic (exact) mass is 290 g/mol. The molecular weight excluding hydrogens is 276 g/mol. The molecular formula is C15H15ClN2O2. The van der Waals surface area contributed by atoms with Gasteiger partial charge in [-0.15, -0.1) is 0 Å². The van der Waals surface area contributed by atoms with E-state index in [2.05, 4.69) is 5.32 Å². The van der Waals surface area contributed by atoms with Crippen LogP contribution in [-0.2, 0) is 16.1 Å². The Hall–Kier alpha value is -2.04. The highest BCUT2D eigenvalue weighted by molar-refractivity contribution is 6.30. The van der Waals surface area contributed by atoms with Gasteiger partial charge in [-0.1, -0.05) is 35.9 Å². The number of ether oxygens (including phenoxy) is 1. The van der Waals surface area contributed by atoms with Crippen molar-refractivity contribution >= 4 is 28.9 Å². The van der Waals surface area contributed by atoms with Crippen LogP contribution in [0.25, 0.3) is 0 Å². The van der Waals surface area contributed by atoms with Crippen LogP contribution in [0.3, 0.4) is 0 Å². The molecule has 0 aliphatic heterocycles. The number of amides is 1. The number of carbonyl (C=O) groups excluding carboxylic acids is 1. The minimum absolute atomic E-state index is 0.0308. The Morgan fingerprint density at radius 3 is 2.55 bits per heavy atom. The van der Waals surface area contributed by atoms with Gasteiger partial charge in [0.2, 0.25) is 5.91 Å². The van der Waals surface area contributed by atoms with Crippen molar-refractivity contribution in [2.24, 2.45) is 0 Å². The standard InChI is InChI=1S/C15H15ClN2O2/c16-12-7-5-11(6-8-12)9-20-10-15(19)18-14-4-2-1-3-13(14)17/h1-8H,9-10,17H2,(H,18,19). The summed E-state index contributed by atoms with van der Waals surface area (Å²) < 4.78 is 5.34. The van der Waals surface area contributed by atoms with Gasteiger partial charge in [0, 0.05) is 5.02 Å². The Labute approximate surface area is 122 Å². The Morgan fingerprint density at radius 1 is 1.15 bits per heavy atom. The van der Waals surface area contributed by atoms with Crippen molar-refractivity contribution in [3.05, 3.63) is 59.1 Å². The number of anilines is 2. The van der Waals surface area contributed by atoms with E-state index in [9.17, 15) is 4.79 Å². The van der Waals surface area contributed by atoms with E-state index in [0.717, 1.165) is 5.56 Å². The van der Waals surface area contributed by atoms with Crippen LogP contribution in [0, 0.1) is 0 Å². The van der Waals surface area contributed by atoms with E-state index in [-0.39, 0.29) is 12.5 Å². The molecule has 0 aliphatic rings. The van der Waals surface area contributed by atoms with Crippen LogP contribution in [0.15, 0.2) is 48.5 Å². The number of rotatable bonds is 5. The van der Waals surface area contributed by atoms with Crippen LogP contribution in [0.2, 0.25) is 5.02 Å². The molecule has 2 aromatic rings. The number of benzene rings is 2. The van der Waals surface area contributed by atoms with Gasteiger partial charge >= 0.3 is 0 Å². The second-order valence-corrected chi connectivity index (χ2v) is 4.69. The number of nitrogens with two attached hydrogens (primary N) is 1. The van der Waals surface area contributed by atoms with E-state index in [1.54, 1.807) is 30.3 Å². The fourth-order valence-corrected chi connectivity index (χ4v) is 1.77. The molecule has 0 aromatic heterocycles. The Kier molecular flexibility index (Phi) is 4.98. The topological polar surface area (TPSA) is 64.3 Å². The third kappa shape index (κ3) is 4.26. The summed E-state index contributed by atoms with van der Waals surface area (Å²) in [6, 6.07) is 14.4. The Bertz CT molecular complexity index is 585. The highest BCUT2D eigenvalue weighted by Gasteiger charge is 2.05. The predicted octanol–water partition coefficient (Wildman–Crippen LogP) is 3.08. The van der Waals surface area contributed by atoms with Crippen LogP contribution in [0.4, 0.5) is 11.4 Å². The highest BCUT2D eigenvalue weighted by Crippen LogP contribution is 2.16. The zero-order chi connectivity index (χ0) is 14.4. The second-order valence-electron chi connectivity index (χ2n) is 4.25. The maximum atomic E-state index is 11.7. The molecule has 5 heteroatoms. The lowest BCUT2D eigenvalue weighted by molar-refractivity contribution is -0.121. The first-order valence-electron chi connectivity index (χ1n) is 6.11. The third-order valence-corrected chi connectivity index (χ3v) is 2.90. The normalized spacial score (nSPS) is 10.2. The summed E-state index contributed by atoms with van der Waals surface area (Å²) in [5.74, 6) is -0.239. The fraction of sp³-hybridized carbons (Fsp3) is 0.133. The first kappa shape index (κ1) is 14.4. The number of nitrogens with one attached hydrogen (secondary N) is 1. The van der Waals surface area contributed by atoms with E-state index in [4.69, 9.17) is 22.1 Å². The lowest BCUT2D eigenvalue weighted by Crippen LogP contribution is -2.18. The molecule has 0 radical (unpaired) electrons. The average molecular weight is 291 g/mol. The molecule has 0 atom stereocenters. The first-order chi connectivity index (χ1) is 9.65. The van der Waals surface area contributed by atoms with Gasteiger partial charge in [-0.3, -0.25) is 4.79 Å². The largest absolute Gasteiger partial charge is 0.397 e. The summed E-state index contributed by atoms with van der Waals surface area (Å²) in [4.78, 5) is 11.7.